The zero-order valence-electron chi connectivity index (χ0n) is 45.9. The lowest BCUT2D eigenvalue weighted by Crippen LogP contribution is -2.45. The fourth-order valence-corrected chi connectivity index (χ4v) is 9.51. The quantitative estimate of drug-likeness (QED) is 0.0321. The molecule has 0 saturated heterocycles. The van der Waals surface area contributed by atoms with Crippen LogP contribution in [-0.4, -0.2) is 47.4 Å². The van der Waals surface area contributed by atoms with Gasteiger partial charge >= 0.3 is 5.97 Å². The summed E-state index contributed by atoms with van der Waals surface area (Å²) in [4.78, 5) is 24.4. The Morgan fingerprint density at radius 2 is 0.691 bits per heavy atom. The van der Waals surface area contributed by atoms with Crippen LogP contribution >= 0.6 is 0 Å². The van der Waals surface area contributed by atoms with Gasteiger partial charge in [0.25, 0.3) is 0 Å². The number of rotatable bonds is 57. The number of amides is 1. The number of hydrogen-bond donors (Lipinski definition) is 3. The van der Waals surface area contributed by atoms with Crippen LogP contribution < -0.4 is 5.32 Å². The molecule has 0 spiro atoms. The van der Waals surface area contributed by atoms with Gasteiger partial charge in [-0.2, -0.15) is 0 Å². The Hall–Kier alpha value is -1.66. The van der Waals surface area contributed by atoms with Crippen LogP contribution in [0.2, 0.25) is 0 Å². The van der Waals surface area contributed by atoms with E-state index in [4.69, 9.17) is 4.74 Å². The molecule has 0 aromatic rings. The van der Waals surface area contributed by atoms with Gasteiger partial charge in [0.1, 0.15) is 0 Å². The average Bonchev–Trinajstić information content (AvgIpc) is 3.34. The maximum absolute atomic E-state index is 12.4. The van der Waals surface area contributed by atoms with Gasteiger partial charge in [0.2, 0.25) is 5.91 Å². The molecule has 2 unspecified atom stereocenters. The summed E-state index contributed by atoms with van der Waals surface area (Å²) in [6.07, 6.45) is 70.9. The zero-order valence-corrected chi connectivity index (χ0v) is 45.9. The van der Waals surface area contributed by atoms with Crippen molar-refractivity contribution in [3.8, 4) is 0 Å². The third-order valence-corrected chi connectivity index (χ3v) is 14.2. The minimum absolute atomic E-state index is 0.0177. The Morgan fingerprint density at radius 1 is 0.397 bits per heavy atom. The van der Waals surface area contributed by atoms with E-state index < -0.39 is 12.1 Å². The predicted molar refractivity (Wildman–Crippen MR) is 296 cm³/mol. The van der Waals surface area contributed by atoms with E-state index in [0.29, 0.717) is 19.4 Å². The van der Waals surface area contributed by atoms with Crippen molar-refractivity contribution in [2.45, 2.75) is 347 Å². The molecule has 0 aliphatic heterocycles. The highest BCUT2D eigenvalue weighted by Crippen LogP contribution is 2.17. The molecular weight excluding hydrogens is 839 g/mol. The van der Waals surface area contributed by atoms with Crippen LogP contribution in [0.5, 0.6) is 0 Å². The minimum atomic E-state index is -0.842. The lowest BCUT2D eigenvalue weighted by molar-refractivity contribution is -0.143. The van der Waals surface area contributed by atoms with Crippen molar-refractivity contribution in [2.75, 3.05) is 13.2 Å². The van der Waals surface area contributed by atoms with Gasteiger partial charge in [-0.05, 0) is 57.8 Å². The van der Waals surface area contributed by atoms with Crippen molar-refractivity contribution < 1.29 is 24.5 Å². The monoisotopic (exact) mass is 958 g/mol. The first-order chi connectivity index (χ1) is 33.5. The summed E-state index contributed by atoms with van der Waals surface area (Å²) in [5, 5.41) is 22.9. The van der Waals surface area contributed by atoms with Gasteiger partial charge in [-0.25, -0.2) is 0 Å². The molecule has 0 aromatic carbocycles. The smallest absolute Gasteiger partial charge is 0.305 e. The van der Waals surface area contributed by atoms with Gasteiger partial charge in [-0.1, -0.05) is 289 Å². The minimum Gasteiger partial charge on any atom is -0.466 e. The van der Waals surface area contributed by atoms with Gasteiger partial charge in [-0.15, -0.1) is 0 Å². The first-order valence-electron chi connectivity index (χ1n) is 30.6. The summed E-state index contributed by atoms with van der Waals surface area (Å²) in [6.45, 7) is 4.89. The Bertz CT molecular complexity index is 1060. The number of aliphatic hydroxyl groups is 2. The van der Waals surface area contributed by atoms with Gasteiger partial charge in [0.15, 0.2) is 0 Å². The number of esters is 1. The molecule has 3 N–H and O–H groups in total. The first-order valence-corrected chi connectivity index (χ1v) is 30.6. The molecule has 0 aliphatic carbocycles. The molecule has 1 amide bonds. The molecule has 2 atom stereocenters. The molecule has 0 aromatic heterocycles. The maximum Gasteiger partial charge on any atom is 0.305 e. The van der Waals surface area contributed by atoms with Gasteiger partial charge in [-0.3, -0.25) is 9.59 Å². The lowest BCUT2D eigenvalue weighted by atomic mass is 10.0. The van der Waals surface area contributed by atoms with E-state index in [1.54, 1.807) is 6.08 Å². The Morgan fingerprint density at radius 3 is 1.04 bits per heavy atom. The third-order valence-electron chi connectivity index (χ3n) is 14.2. The van der Waals surface area contributed by atoms with Crippen LogP contribution in [0, 0.1) is 0 Å². The SMILES string of the molecule is CCCCCCCCC/C=C/C(O)C(CO)NC(=O)CCCCCCCCCCCCC/C=C\CCCCCCCCCCCCCCOC(=O)CCCCCCCCCCCCCCCCC. The molecule has 6 heteroatoms. The van der Waals surface area contributed by atoms with Crippen LogP contribution in [-0.2, 0) is 14.3 Å². The fraction of sp³-hybridized carbons (Fsp3) is 0.903. The second-order valence-corrected chi connectivity index (χ2v) is 21.0. The van der Waals surface area contributed by atoms with Crippen LogP contribution in [0.15, 0.2) is 24.3 Å². The second kappa shape index (κ2) is 57.9. The number of allylic oxidation sites excluding steroid dienone is 3. The summed E-state index contributed by atoms with van der Waals surface area (Å²) in [5.74, 6) is -0.0531. The van der Waals surface area contributed by atoms with Crippen molar-refractivity contribution in [3.05, 3.63) is 24.3 Å². The van der Waals surface area contributed by atoms with Crippen molar-refractivity contribution in [1.82, 2.24) is 5.32 Å². The number of unbranched alkanes of at least 4 members (excludes halogenated alkanes) is 44. The van der Waals surface area contributed by atoms with E-state index in [9.17, 15) is 19.8 Å². The van der Waals surface area contributed by atoms with Crippen molar-refractivity contribution in [2.24, 2.45) is 0 Å². The van der Waals surface area contributed by atoms with E-state index >= 15 is 0 Å². The normalized spacial score (nSPS) is 12.7. The third kappa shape index (κ3) is 53.7. The molecule has 402 valence electrons. The predicted octanol–water partition coefficient (Wildman–Crippen LogP) is 19.0. The Kier molecular flexibility index (Phi) is 56.5. The van der Waals surface area contributed by atoms with E-state index in [-0.39, 0.29) is 18.5 Å². The Balaban J connectivity index is 3.35. The van der Waals surface area contributed by atoms with Gasteiger partial charge < -0.3 is 20.3 Å². The lowest BCUT2D eigenvalue weighted by Gasteiger charge is -2.20. The van der Waals surface area contributed by atoms with E-state index in [2.05, 4.69) is 31.3 Å². The summed E-state index contributed by atoms with van der Waals surface area (Å²) in [7, 11) is 0. The van der Waals surface area contributed by atoms with Crippen LogP contribution in [0.25, 0.3) is 0 Å². The molecule has 6 nitrogen and oxygen atoms in total. The molecular formula is C62H119NO5. The summed E-state index contributed by atoms with van der Waals surface area (Å²) in [5.41, 5.74) is 0. The highest BCUT2D eigenvalue weighted by molar-refractivity contribution is 5.76. The summed E-state index contributed by atoms with van der Waals surface area (Å²) >= 11 is 0. The van der Waals surface area contributed by atoms with E-state index in [0.717, 1.165) is 38.5 Å². The number of carbonyl (C=O) groups excluding carboxylic acids is 2. The molecule has 0 radical (unpaired) electrons. The Labute approximate surface area is 424 Å². The first kappa shape index (κ1) is 66.3. The molecule has 0 saturated carbocycles. The van der Waals surface area contributed by atoms with Crippen molar-refractivity contribution in [1.29, 1.82) is 0 Å². The molecule has 0 fully saturated rings. The fourth-order valence-electron chi connectivity index (χ4n) is 9.51. The average molecular weight is 959 g/mol. The van der Waals surface area contributed by atoms with Crippen LogP contribution in [0.1, 0.15) is 335 Å². The van der Waals surface area contributed by atoms with Crippen LogP contribution in [0.4, 0.5) is 0 Å². The second-order valence-electron chi connectivity index (χ2n) is 21.0. The molecule has 0 rings (SSSR count). The van der Waals surface area contributed by atoms with Crippen LogP contribution in [0.3, 0.4) is 0 Å². The summed E-state index contributed by atoms with van der Waals surface area (Å²) < 4.78 is 5.49. The topological polar surface area (TPSA) is 95.9 Å². The van der Waals surface area contributed by atoms with Crippen molar-refractivity contribution in [3.63, 3.8) is 0 Å². The van der Waals surface area contributed by atoms with Gasteiger partial charge in [0, 0.05) is 12.8 Å². The molecule has 68 heavy (non-hydrogen) atoms. The van der Waals surface area contributed by atoms with Gasteiger partial charge in [0.05, 0.1) is 25.4 Å². The number of hydrogen-bond acceptors (Lipinski definition) is 5. The number of ether oxygens (including phenoxy) is 1. The van der Waals surface area contributed by atoms with E-state index in [1.807, 2.05) is 6.08 Å². The largest absolute Gasteiger partial charge is 0.466 e. The standard InChI is InChI=1S/C62H119NO5/c1-3-5-7-9-11-13-14-15-29-33-36-40-44-48-52-56-62(67)68-57-53-49-45-41-37-34-31-28-26-24-22-20-18-16-17-19-21-23-25-27-30-32-35-39-43-47-51-55-61(66)63-59(58-64)60(65)54-50-46-42-38-12-10-8-6-4-2/h16-17,50,54,59-60,64-65H,3-15,18-49,51-53,55-58H2,1-2H3,(H,63,66)/b17-16-,54-50+. The number of nitrogens with one attached hydrogen (secondary N) is 1. The molecule has 0 heterocycles. The highest BCUT2D eigenvalue weighted by Gasteiger charge is 2.18. The van der Waals surface area contributed by atoms with Crippen molar-refractivity contribution >= 4 is 11.9 Å². The number of carbonyl (C=O) groups is 2. The number of aliphatic hydroxyl groups excluding tert-OH is 2. The maximum atomic E-state index is 12.4. The summed E-state index contributed by atoms with van der Waals surface area (Å²) in [6, 6.07) is -0.626. The van der Waals surface area contributed by atoms with E-state index in [1.165, 1.54) is 270 Å². The zero-order chi connectivity index (χ0) is 49.3. The molecule has 0 aliphatic rings. The molecule has 0 bridgehead atoms. The highest BCUT2D eigenvalue weighted by atomic mass is 16.5.